The molecule has 0 bridgehead atoms. The maximum Gasteiger partial charge on any atom is 0.185 e. The molecule has 0 aliphatic carbocycles. The number of methoxy groups -OCH3 is 1. The van der Waals surface area contributed by atoms with Crippen molar-refractivity contribution in [2.24, 2.45) is 0 Å². The Balaban J connectivity index is 1.66. The van der Waals surface area contributed by atoms with E-state index in [1.165, 1.54) is 22.2 Å². The first-order valence-corrected chi connectivity index (χ1v) is 10.1. The predicted molar refractivity (Wildman–Crippen MR) is 107 cm³/mol. The van der Waals surface area contributed by atoms with E-state index in [0.717, 1.165) is 47.8 Å². The fourth-order valence-corrected chi connectivity index (χ4v) is 5.12. The zero-order valence-corrected chi connectivity index (χ0v) is 16.3. The van der Waals surface area contributed by atoms with Gasteiger partial charge in [-0.3, -0.25) is 4.90 Å². The molecule has 0 unspecified atom stereocenters. The van der Waals surface area contributed by atoms with Crippen molar-refractivity contribution in [2.45, 2.75) is 26.3 Å². The van der Waals surface area contributed by atoms with Crippen LogP contribution in [0.4, 0.5) is 0 Å². The molecule has 4 heterocycles. The lowest BCUT2D eigenvalue weighted by molar-refractivity contribution is 0.258. The molecule has 4 aromatic rings. The molecule has 0 spiro atoms. The number of ether oxygens (including phenoxy) is 1. The third-order valence-electron chi connectivity index (χ3n) is 5.14. The largest absolute Gasteiger partial charge is 0.496 e. The highest BCUT2D eigenvalue weighted by atomic mass is 32.1. The quantitative estimate of drug-likeness (QED) is 0.540. The fourth-order valence-electron chi connectivity index (χ4n) is 3.90. The molecular weight excluding hydrogens is 358 g/mol. The van der Waals surface area contributed by atoms with Gasteiger partial charge in [0.15, 0.2) is 11.5 Å². The average molecular weight is 379 g/mol. The Morgan fingerprint density at radius 2 is 2.15 bits per heavy atom. The van der Waals surface area contributed by atoms with Crippen LogP contribution in [0.3, 0.4) is 0 Å². The lowest BCUT2D eigenvalue weighted by Gasteiger charge is -2.26. The van der Waals surface area contributed by atoms with Crippen molar-refractivity contribution in [3.8, 4) is 17.1 Å². The summed E-state index contributed by atoms with van der Waals surface area (Å²) in [5, 5.41) is 5.84. The van der Waals surface area contributed by atoms with Gasteiger partial charge in [0.2, 0.25) is 0 Å². The molecule has 1 aromatic carbocycles. The van der Waals surface area contributed by atoms with Crippen molar-refractivity contribution in [3.05, 3.63) is 41.0 Å². The van der Waals surface area contributed by atoms with Crippen molar-refractivity contribution in [1.29, 1.82) is 0 Å². The third kappa shape index (κ3) is 2.69. The Bertz CT molecular complexity index is 1130. The highest BCUT2D eigenvalue weighted by Crippen LogP contribution is 2.37. The smallest absolute Gasteiger partial charge is 0.185 e. The zero-order chi connectivity index (χ0) is 18.4. The molecule has 0 amide bonds. The molecule has 27 heavy (non-hydrogen) atoms. The van der Waals surface area contributed by atoms with Gasteiger partial charge in [-0.25, -0.2) is 14.5 Å². The number of aromatic nitrogens is 4. The van der Waals surface area contributed by atoms with E-state index in [2.05, 4.69) is 21.9 Å². The molecule has 6 nitrogen and oxygen atoms in total. The average Bonchev–Trinajstić information content (AvgIpc) is 3.28. The van der Waals surface area contributed by atoms with Gasteiger partial charge < -0.3 is 4.74 Å². The van der Waals surface area contributed by atoms with E-state index in [1.807, 2.05) is 24.3 Å². The maximum absolute atomic E-state index is 5.49. The lowest BCUT2D eigenvalue weighted by atomic mass is 10.1. The number of hydrogen-bond donors (Lipinski definition) is 0. The molecule has 7 heteroatoms. The predicted octanol–water partition coefficient (Wildman–Crippen LogP) is 3.78. The summed E-state index contributed by atoms with van der Waals surface area (Å²) < 4.78 is 7.29. The SMILES string of the molecule is CCCN1CCc2c(sc3ncn4nc(-c5ccccc5OC)nc4c23)C1. The molecule has 0 fully saturated rings. The first-order chi connectivity index (χ1) is 13.3. The second-order valence-electron chi connectivity index (χ2n) is 6.86. The first kappa shape index (κ1) is 16.6. The van der Waals surface area contributed by atoms with Crippen LogP contribution in [0.2, 0.25) is 0 Å². The van der Waals surface area contributed by atoms with Gasteiger partial charge >= 0.3 is 0 Å². The molecule has 0 atom stereocenters. The second kappa shape index (κ2) is 6.58. The maximum atomic E-state index is 5.49. The number of nitrogens with zero attached hydrogens (tertiary/aromatic N) is 5. The van der Waals surface area contributed by atoms with Gasteiger partial charge in [-0.1, -0.05) is 19.1 Å². The van der Waals surface area contributed by atoms with Gasteiger partial charge in [0.25, 0.3) is 0 Å². The van der Waals surface area contributed by atoms with Crippen molar-refractivity contribution >= 4 is 27.2 Å². The van der Waals surface area contributed by atoms with Crippen LogP contribution in [0.15, 0.2) is 30.6 Å². The zero-order valence-electron chi connectivity index (χ0n) is 15.5. The lowest BCUT2D eigenvalue weighted by Crippen LogP contribution is -2.30. The Hall–Kier alpha value is -2.51. The van der Waals surface area contributed by atoms with E-state index in [4.69, 9.17) is 9.72 Å². The summed E-state index contributed by atoms with van der Waals surface area (Å²) in [7, 11) is 1.67. The second-order valence-corrected chi connectivity index (χ2v) is 7.94. The highest BCUT2D eigenvalue weighted by Gasteiger charge is 2.24. The van der Waals surface area contributed by atoms with E-state index in [9.17, 15) is 0 Å². The van der Waals surface area contributed by atoms with Crippen LogP contribution in [-0.4, -0.2) is 44.7 Å². The summed E-state index contributed by atoms with van der Waals surface area (Å²) in [5.74, 6) is 1.45. The van der Waals surface area contributed by atoms with Crippen LogP contribution in [0.5, 0.6) is 5.75 Å². The van der Waals surface area contributed by atoms with Crippen LogP contribution in [0.25, 0.3) is 27.3 Å². The van der Waals surface area contributed by atoms with Gasteiger partial charge in [-0.05, 0) is 37.1 Å². The molecule has 1 aliphatic heterocycles. The van der Waals surface area contributed by atoms with Crippen LogP contribution in [0, 0.1) is 0 Å². The summed E-state index contributed by atoms with van der Waals surface area (Å²) in [6.45, 7) is 5.51. The van der Waals surface area contributed by atoms with E-state index in [1.54, 1.807) is 29.3 Å². The molecule has 3 aromatic heterocycles. The van der Waals surface area contributed by atoms with Crippen LogP contribution >= 0.6 is 11.3 Å². The van der Waals surface area contributed by atoms with E-state index >= 15 is 0 Å². The molecule has 0 radical (unpaired) electrons. The number of rotatable bonds is 4. The van der Waals surface area contributed by atoms with Crippen LogP contribution in [-0.2, 0) is 13.0 Å². The van der Waals surface area contributed by atoms with Crippen molar-refractivity contribution in [1.82, 2.24) is 24.5 Å². The molecule has 0 N–H and O–H groups in total. The minimum Gasteiger partial charge on any atom is -0.496 e. The summed E-state index contributed by atoms with van der Waals surface area (Å²) in [6.07, 6.45) is 4.01. The Labute approximate surface area is 161 Å². The number of thiophene rings is 1. The Morgan fingerprint density at radius 1 is 1.26 bits per heavy atom. The molecule has 1 aliphatic rings. The van der Waals surface area contributed by atoms with E-state index < -0.39 is 0 Å². The van der Waals surface area contributed by atoms with Gasteiger partial charge in [0.05, 0.1) is 18.1 Å². The number of hydrogen-bond acceptors (Lipinski definition) is 6. The van der Waals surface area contributed by atoms with Gasteiger partial charge in [-0.2, -0.15) is 0 Å². The first-order valence-electron chi connectivity index (χ1n) is 9.30. The molecule has 0 saturated carbocycles. The van der Waals surface area contributed by atoms with Crippen LogP contribution < -0.4 is 4.74 Å². The summed E-state index contributed by atoms with van der Waals surface area (Å²) in [4.78, 5) is 14.6. The molecule has 5 rings (SSSR count). The summed E-state index contributed by atoms with van der Waals surface area (Å²) in [5.41, 5.74) is 3.19. The topological polar surface area (TPSA) is 55.6 Å². The Kier molecular flexibility index (Phi) is 4.06. The molecule has 138 valence electrons. The summed E-state index contributed by atoms with van der Waals surface area (Å²) >= 11 is 1.80. The molecular formula is C20H21N5OS. The fraction of sp³-hybridized carbons (Fsp3) is 0.350. The number of benzene rings is 1. The van der Waals surface area contributed by atoms with Crippen molar-refractivity contribution < 1.29 is 4.74 Å². The summed E-state index contributed by atoms with van der Waals surface area (Å²) in [6, 6.07) is 7.86. The third-order valence-corrected chi connectivity index (χ3v) is 6.27. The standard InChI is InChI=1S/C20H21N5OS/c1-3-9-24-10-8-14-16(11-24)27-20-17(14)19-22-18(23-25(19)12-21-20)13-6-4-5-7-15(13)26-2/h4-7,12H,3,8-11H2,1-2H3. The molecule has 0 saturated heterocycles. The minimum absolute atomic E-state index is 0.671. The normalized spacial score (nSPS) is 14.7. The monoisotopic (exact) mass is 379 g/mol. The van der Waals surface area contributed by atoms with Crippen LogP contribution in [0.1, 0.15) is 23.8 Å². The number of para-hydroxylation sites is 1. The van der Waals surface area contributed by atoms with E-state index in [-0.39, 0.29) is 0 Å². The Morgan fingerprint density at radius 3 is 3.00 bits per heavy atom. The van der Waals surface area contributed by atoms with Gasteiger partial charge in [0, 0.05) is 18.0 Å². The minimum atomic E-state index is 0.671. The van der Waals surface area contributed by atoms with Crippen molar-refractivity contribution in [2.75, 3.05) is 20.2 Å². The number of fused-ring (bicyclic) bond motifs is 5. The van der Waals surface area contributed by atoms with Crippen molar-refractivity contribution in [3.63, 3.8) is 0 Å². The van der Waals surface area contributed by atoms with E-state index in [0.29, 0.717) is 5.82 Å². The van der Waals surface area contributed by atoms with Gasteiger partial charge in [-0.15, -0.1) is 16.4 Å². The highest BCUT2D eigenvalue weighted by molar-refractivity contribution is 7.19. The van der Waals surface area contributed by atoms with Gasteiger partial charge in [0.1, 0.15) is 16.9 Å².